The lowest BCUT2D eigenvalue weighted by molar-refractivity contribution is -0.116. The number of benzene rings is 1. The number of Topliss-reactive ketones (excluding diaryl/α,β-unsaturated/α-hetero) is 1. The van der Waals surface area contributed by atoms with E-state index >= 15 is 0 Å². The molecule has 1 aromatic rings. The minimum atomic E-state index is -0.0292. The smallest absolute Gasteiger partial charge is 0.168 e. The number of oxime groups is 1. The van der Waals surface area contributed by atoms with E-state index in [0.29, 0.717) is 37.2 Å². The molecule has 0 radical (unpaired) electrons. The summed E-state index contributed by atoms with van der Waals surface area (Å²) in [5.74, 6) is 1.26. The molecule has 0 bridgehead atoms. The van der Waals surface area contributed by atoms with Crippen LogP contribution in [0.5, 0.6) is 0 Å². The van der Waals surface area contributed by atoms with Crippen molar-refractivity contribution in [3.8, 4) is 0 Å². The predicted molar refractivity (Wildman–Crippen MR) is 111 cm³/mol. The Morgan fingerprint density at radius 2 is 1.93 bits per heavy atom. The average Bonchev–Trinajstić information content (AvgIpc) is 3.11. The molecule has 146 valence electrons. The molecular weight excluding hydrogens is 358 g/mol. The van der Waals surface area contributed by atoms with E-state index in [1.165, 1.54) is 32.7 Å². The molecule has 0 fully saturated rings. The number of thioether (sulfide) groups is 1. The maximum Gasteiger partial charge on any atom is 0.168 e. The number of allylic oxidation sites excluding steroid dienone is 2. The summed E-state index contributed by atoms with van der Waals surface area (Å²) < 4.78 is 0. The number of ketones is 1. The minimum Gasteiger partial charge on any atom is -0.511 e. The summed E-state index contributed by atoms with van der Waals surface area (Å²) in [6.07, 6.45) is 2.56. The fourth-order valence-electron chi connectivity index (χ4n) is 4.28. The molecule has 2 aliphatic rings. The van der Waals surface area contributed by atoms with Crippen molar-refractivity contribution in [2.75, 3.05) is 12.4 Å². The Morgan fingerprint density at radius 3 is 2.56 bits per heavy atom. The van der Waals surface area contributed by atoms with Crippen molar-refractivity contribution in [3.05, 3.63) is 39.1 Å². The van der Waals surface area contributed by atoms with Crippen LogP contribution in [-0.4, -0.2) is 29.0 Å². The van der Waals surface area contributed by atoms with Gasteiger partial charge in [-0.25, -0.2) is 0 Å². The van der Waals surface area contributed by atoms with Crippen LogP contribution in [-0.2, 0) is 16.1 Å². The molecule has 27 heavy (non-hydrogen) atoms. The van der Waals surface area contributed by atoms with Gasteiger partial charge in [0.15, 0.2) is 5.78 Å². The number of hydrogen-bond acceptors (Lipinski definition) is 5. The Kier molecular flexibility index (Phi) is 5.99. The van der Waals surface area contributed by atoms with E-state index in [1.54, 1.807) is 0 Å². The molecule has 0 saturated carbocycles. The zero-order valence-electron chi connectivity index (χ0n) is 16.9. The second-order valence-corrected chi connectivity index (χ2v) is 8.46. The molecule has 3 rings (SSSR count). The molecular formula is C22H29NO3S. The highest BCUT2D eigenvalue weighted by molar-refractivity contribution is 7.99. The highest BCUT2D eigenvalue weighted by atomic mass is 32.2. The number of hydrogen-bond donors (Lipinski definition) is 1. The van der Waals surface area contributed by atoms with E-state index in [1.807, 2.05) is 25.6 Å². The average molecular weight is 388 g/mol. The van der Waals surface area contributed by atoms with Crippen molar-refractivity contribution < 1.29 is 14.7 Å². The Morgan fingerprint density at radius 1 is 1.19 bits per heavy atom. The molecule has 0 spiro atoms. The van der Waals surface area contributed by atoms with Crippen LogP contribution >= 0.6 is 11.8 Å². The van der Waals surface area contributed by atoms with Crippen LogP contribution in [0, 0.1) is 20.8 Å². The van der Waals surface area contributed by atoms with Crippen LogP contribution in [0.1, 0.15) is 66.8 Å². The predicted octanol–water partition coefficient (Wildman–Crippen LogP) is 5.32. The van der Waals surface area contributed by atoms with Gasteiger partial charge in [-0.1, -0.05) is 12.1 Å². The number of aliphatic hydroxyl groups excluding tert-OH is 1. The summed E-state index contributed by atoms with van der Waals surface area (Å²) in [4.78, 5) is 19.4. The van der Waals surface area contributed by atoms with Crippen LogP contribution in [0.2, 0.25) is 0 Å². The summed E-state index contributed by atoms with van der Waals surface area (Å²) in [6.45, 7) is 10.8. The second-order valence-electron chi connectivity index (χ2n) is 7.35. The van der Waals surface area contributed by atoms with Crippen molar-refractivity contribution in [2.24, 2.45) is 5.16 Å². The summed E-state index contributed by atoms with van der Waals surface area (Å²) in [5, 5.41) is 14.8. The van der Waals surface area contributed by atoms with Crippen molar-refractivity contribution in [1.82, 2.24) is 0 Å². The fraction of sp³-hybridized carbons (Fsp3) is 0.545. The lowest BCUT2D eigenvalue weighted by Gasteiger charge is -2.28. The zero-order chi connectivity index (χ0) is 19.7. The third-order valence-corrected chi connectivity index (χ3v) is 7.04. The molecule has 1 atom stereocenters. The molecule has 0 saturated heterocycles. The molecule has 1 aliphatic heterocycles. The molecule has 4 nitrogen and oxygen atoms in total. The van der Waals surface area contributed by atoms with Gasteiger partial charge in [0.05, 0.1) is 11.3 Å². The number of rotatable bonds is 5. The number of carbonyl (C=O) groups is 1. The lowest BCUT2D eigenvalue weighted by atomic mass is 9.77. The first kappa shape index (κ1) is 20.0. The number of nitrogens with zero attached hydrogens (tertiary/aromatic N) is 1. The van der Waals surface area contributed by atoms with Crippen LogP contribution in [0.3, 0.4) is 0 Å². The molecule has 1 unspecified atom stereocenters. The van der Waals surface area contributed by atoms with Crippen LogP contribution in [0.4, 0.5) is 0 Å². The number of carbonyl (C=O) groups excluding carboxylic acids is 1. The largest absolute Gasteiger partial charge is 0.511 e. The van der Waals surface area contributed by atoms with E-state index in [0.717, 1.165) is 12.2 Å². The van der Waals surface area contributed by atoms with Gasteiger partial charge in [0.2, 0.25) is 0 Å². The standard InChI is InChI=1S/C22H29NO3S/c1-6-17(23-26-7-2)21-18(24)10-15(11-19(21)25)20-14(5)12(3)13(4)16-8-9-27-22(16)20/h15,24H,6-11H2,1-5H3/b23-17-. The summed E-state index contributed by atoms with van der Waals surface area (Å²) >= 11 is 1.90. The molecule has 1 heterocycles. The highest BCUT2D eigenvalue weighted by Crippen LogP contribution is 2.46. The first-order valence-corrected chi connectivity index (χ1v) is 10.8. The molecule has 1 aliphatic carbocycles. The second kappa shape index (κ2) is 8.09. The van der Waals surface area contributed by atoms with Gasteiger partial charge in [0.25, 0.3) is 0 Å². The quantitative estimate of drug-likeness (QED) is 0.549. The van der Waals surface area contributed by atoms with Gasteiger partial charge in [-0.2, -0.15) is 0 Å². The Labute approximate surface area is 166 Å². The molecule has 1 N–H and O–H groups in total. The zero-order valence-corrected chi connectivity index (χ0v) is 17.8. The van der Waals surface area contributed by atoms with E-state index in [9.17, 15) is 9.90 Å². The summed E-state index contributed by atoms with van der Waals surface area (Å²) in [7, 11) is 0. The Balaban J connectivity index is 2.03. The van der Waals surface area contributed by atoms with E-state index in [4.69, 9.17) is 4.84 Å². The molecule has 1 aromatic carbocycles. The normalized spacial score (nSPS) is 20.3. The summed E-state index contributed by atoms with van der Waals surface area (Å²) in [5.41, 5.74) is 7.60. The topological polar surface area (TPSA) is 58.9 Å². The summed E-state index contributed by atoms with van der Waals surface area (Å²) in [6, 6.07) is 0. The van der Waals surface area contributed by atoms with Crippen molar-refractivity contribution in [2.45, 2.75) is 71.1 Å². The van der Waals surface area contributed by atoms with E-state index in [2.05, 4.69) is 25.9 Å². The van der Waals surface area contributed by atoms with E-state index < -0.39 is 0 Å². The third-order valence-electron chi connectivity index (χ3n) is 5.87. The SMILES string of the molecule is CCO/N=C(/CC)C1=C(O)CC(c2c(C)c(C)c(C)c3c2SCC3)CC1=O. The third kappa shape index (κ3) is 3.54. The van der Waals surface area contributed by atoms with Crippen molar-refractivity contribution >= 4 is 23.3 Å². The number of fused-ring (bicyclic) bond motifs is 1. The van der Waals surface area contributed by atoms with Crippen molar-refractivity contribution in [3.63, 3.8) is 0 Å². The molecule has 0 amide bonds. The first-order valence-electron chi connectivity index (χ1n) is 9.80. The van der Waals surface area contributed by atoms with Gasteiger partial charge >= 0.3 is 0 Å². The van der Waals surface area contributed by atoms with Gasteiger partial charge in [-0.3, -0.25) is 4.79 Å². The van der Waals surface area contributed by atoms with Crippen LogP contribution in [0.25, 0.3) is 0 Å². The first-order chi connectivity index (χ1) is 12.9. The van der Waals surface area contributed by atoms with Crippen molar-refractivity contribution in [1.29, 1.82) is 0 Å². The Hall–Kier alpha value is -1.75. The molecule has 0 aromatic heterocycles. The van der Waals surface area contributed by atoms with Gasteiger partial charge in [0.1, 0.15) is 12.4 Å². The Bertz CT molecular complexity index is 839. The van der Waals surface area contributed by atoms with Gasteiger partial charge in [-0.15, -0.1) is 11.8 Å². The lowest BCUT2D eigenvalue weighted by Crippen LogP contribution is -2.24. The number of aliphatic hydroxyl groups is 1. The maximum atomic E-state index is 13.0. The monoisotopic (exact) mass is 387 g/mol. The van der Waals surface area contributed by atoms with Gasteiger partial charge < -0.3 is 9.94 Å². The van der Waals surface area contributed by atoms with Crippen LogP contribution in [0.15, 0.2) is 21.4 Å². The highest BCUT2D eigenvalue weighted by Gasteiger charge is 2.35. The van der Waals surface area contributed by atoms with Gasteiger partial charge in [0, 0.05) is 23.5 Å². The van der Waals surface area contributed by atoms with Gasteiger partial charge in [-0.05, 0) is 74.3 Å². The van der Waals surface area contributed by atoms with Crippen LogP contribution < -0.4 is 0 Å². The minimum absolute atomic E-state index is 0.0292. The molecule has 5 heteroatoms. The maximum absolute atomic E-state index is 13.0. The van der Waals surface area contributed by atoms with E-state index in [-0.39, 0.29) is 17.5 Å². The fourth-order valence-corrected chi connectivity index (χ4v) is 5.70.